The van der Waals surface area contributed by atoms with Gasteiger partial charge in [-0.15, -0.1) is 0 Å². The summed E-state index contributed by atoms with van der Waals surface area (Å²) in [5.74, 6) is 1.20. The molecule has 0 saturated carbocycles. The molecule has 2 amide bonds. The van der Waals surface area contributed by atoms with E-state index in [2.05, 4.69) is 110 Å². The molecule has 0 radical (unpaired) electrons. The molecule has 0 aliphatic carbocycles. The van der Waals surface area contributed by atoms with Crippen LogP contribution in [0, 0.1) is 25.7 Å². The molecule has 1 aromatic carbocycles. The topological polar surface area (TPSA) is 86.9 Å². The Labute approximate surface area is 307 Å². The molecule has 1 saturated heterocycles. The lowest BCUT2D eigenvalue weighted by atomic mass is 10.0. The highest BCUT2D eigenvalue weighted by Gasteiger charge is 2.34. The number of aryl methyl sites for hydroxylation is 2. The number of hydrogen-bond donors (Lipinski definition) is 1. The van der Waals surface area contributed by atoms with Gasteiger partial charge in [-0.25, -0.2) is 0 Å². The highest BCUT2D eigenvalue weighted by Crippen LogP contribution is 2.30. The Kier molecular flexibility index (Phi) is 26.6. The maximum absolute atomic E-state index is 12.6. The molecule has 284 valence electrons. The quantitative estimate of drug-likeness (QED) is 0.184. The largest absolute Gasteiger partial charge is 0.370 e. The number of piperidine rings is 1. The van der Waals surface area contributed by atoms with Crippen molar-refractivity contribution in [2.75, 3.05) is 27.2 Å². The number of carbonyl (C=O) groups is 3. The van der Waals surface area contributed by atoms with Crippen molar-refractivity contribution in [3.8, 4) is 0 Å². The SMILES string of the molecule is C=C/C=C\N(C)/C(=C(\C=C)C(C)=O)C(C)C.CCC(N)=O.CCCC.CCCC(C)C.Cc1cc2c(cc1C)C(=O)N(C1CCN(C)CC1)C2. The van der Waals surface area contributed by atoms with Crippen LogP contribution < -0.4 is 5.73 Å². The van der Waals surface area contributed by atoms with Gasteiger partial charge >= 0.3 is 0 Å². The van der Waals surface area contributed by atoms with Crippen molar-refractivity contribution in [3.63, 3.8) is 0 Å². The molecule has 2 aliphatic rings. The third-order valence-electron chi connectivity index (χ3n) is 8.63. The smallest absolute Gasteiger partial charge is 0.254 e. The van der Waals surface area contributed by atoms with Gasteiger partial charge in [0.2, 0.25) is 5.91 Å². The van der Waals surface area contributed by atoms with Gasteiger partial charge in [-0.1, -0.05) is 112 Å². The van der Waals surface area contributed by atoms with Crippen molar-refractivity contribution in [1.29, 1.82) is 0 Å². The number of amides is 2. The number of allylic oxidation sites excluding steroid dienone is 5. The molecule has 7 heteroatoms. The third-order valence-corrected chi connectivity index (χ3v) is 8.63. The van der Waals surface area contributed by atoms with Gasteiger partial charge in [-0.2, -0.15) is 0 Å². The maximum atomic E-state index is 12.6. The number of likely N-dealkylation sites (tertiary alicyclic amines) is 1. The number of rotatable bonds is 11. The summed E-state index contributed by atoms with van der Waals surface area (Å²) in [6.07, 6.45) is 15.0. The molecule has 2 heterocycles. The van der Waals surface area contributed by atoms with Crippen LogP contribution in [0.15, 0.2) is 61.0 Å². The lowest BCUT2D eigenvalue weighted by Gasteiger charge is -2.34. The van der Waals surface area contributed by atoms with E-state index in [1.165, 1.54) is 42.4 Å². The molecule has 1 fully saturated rings. The Morgan fingerprint density at radius 2 is 1.50 bits per heavy atom. The lowest BCUT2D eigenvalue weighted by molar-refractivity contribution is -0.117. The summed E-state index contributed by atoms with van der Waals surface area (Å²) < 4.78 is 0. The Bertz CT molecular complexity index is 1230. The molecule has 3 rings (SSSR count). The third kappa shape index (κ3) is 19.1. The van der Waals surface area contributed by atoms with Crippen LogP contribution in [-0.4, -0.2) is 65.5 Å². The monoisotopic (exact) mass is 695 g/mol. The van der Waals surface area contributed by atoms with Crippen molar-refractivity contribution in [1.82, 2.24) is 14.7 Å². The number of ketones is 1. The number of nitrogens with two attached hydrogens (primary N) is 1. The average Bonchev–Trinajstić information content (AvgIpc) is 3.37. The van der Waals surface area contributed by atoms with Gasteiger partial charge in [0.15, 0.2) is 5.78 Å². The summed E-state index contributed by atoms with van der Waals surface area (Å²) in [5.41, 5.74) is 11.0. The molecule has 0 spiro atoms. The van der Waals surface area contributed by atoms with E-state index in [4.69, 9.17) is 0 Å². The summed E-state index contributed by atoms with van der Waals surface area (Å²) in [6.45, 7) is 33.0. The highest BCUT2D eigenvalue weighted by molar-refractivity contribution is 5.99. The Balaban J connectivity index is 0. The second-order valence-corrected chi connectivity index (χ2v) is 14.0. The Morgan fingerprint density at radius 3 is 1.86 bits per heavy atom. The first kappa shape index (κ1) is 48.7. The summed E-state index contributed by atoms with van der Waals surface area (Å²) in [4.78, 5) is 40.0. The van der Waals surface area contributed by atoms with E-state index >= 15 is 0 Å². The number of primary amides is 1. The first-order valence-electron chi connectivity index (χ1n) is 18.7. The molecule has 0 aromatic heterocycles. The van der Waals surface area contributed by atoms with E-state index < -0.39 is 0 Å². The summed E-state index contributed by atoms with van der Waals surface area (Å²) in [5, 5.41) is 0. The number of Topliss-reactive ketones (excluding diaryl/α,β-unsaturated/α-hetero) is 1. The fourth-order valence-corrected chi connectivity index (χ4v) is 5.40. The van der Waals surface area contributed by atoms with E-state index in [0.717, 1.165) is 49.7 Å². The molecule has 0 unspecified atom stereocenters. The number of unbranched alkanes of at least 4 members (excludes halogenated alkanes) is 1. The van der Waals surface area contributed by atoms with E-state index in [-0.39, 0.29) is 23.5 Å². The van der Waals surface area contributed by atoms with E-state index in [1.807, 2.05) is 24.2 Å². The van der Waals surface area contributed by atoms with Crippen molar-refractivity contribution < 1.29 is 14.4 Å². The van der Waals surface area contributed by atoms with Gasteiger partial charge in [0.1, 0.15) is 0 Å². The van der Waals surface area contributed by atoms with Crippen LogP contribution in [0.2, 0.25) is 0 Å². The minimum absolute atomic E-state index is 0.0394. The summed E-state index contributed by atoms with van der Waals surface area (Å²) in [7, 11) is 4.07. The summed E-state index contributed by atoms with van der Waals surface area (Å²) in [6, 6.07) is 4.69. The zero-order chi connectivity index (χ0) is 39.0. The molecular formula is C43H74N4O3. The molecule has 1 aromatic rings. The minimum atomic E-state index is -0.245. The summed E-state index contributed by atoms with van der Waals surface area (Å²) >= 11 is 0. The Morgan fingerprint density at radius 1 is 0.980 bits per heavy atom. The normalized spacial score (nSPS) is 14.5. The van der Waals surface area contributed by atoms with Crippen LogP contribution in [0.25, 0.3) is 0 Å². The van der Waals surface area contributed by atoms with Crippen LogP contribution in [0.5, 0.6) is 0 Å². The fourth-order valence-electron chi connectivity index (χ4n) is 5.40. The molecule has 2 aliphatic heterocycles. The fraction of sp³-hybridized carbons (Fsp3) is 0.605. The van der Waals surface area contributed by atoms with Crippen molar-refractivity contribution >= 4 is 17.6 Å². The van der Waals surface area contributed by atoms with Crippen LogP contribution in [-0.2, 0) is 16.1 Å². The van der Waals surface area contributed by atoms with Crippen LogP contribution in [0.3, 0.4) is 0 Å². The number of fused-ring (bicyclic) bond motifs is 1. The Hall–Kier alpha value is -3.45. The van der Waals surface area contributed by atoms with E-state index in [1.54, 1.807) is 26.0 Å². The zero-order valence-electron chi connectivity index (χ0n) is 34.3. The van der Waals surface area contributed by atoms with Crippen LogP contribution in [0.1, 0.15) is 134 Å². The number of nitrogens with zero attached hydrogens (tertiary/aromatic N) is 3. The first-order chi connectivity index (χ1) is 23.5. The second kappa shape index (κ2) is 27.3. The number of hydrogen-bond acceptors (Lipinski definition) is 5. The second-order valence-electron chi connectivity index (χ2n) is 14.0. The van der Waals surface area contributed by atoms with E-state index in [9.17, 15) is 14.4 Å². The van der Waals surface area contributed by atoms with Crippen LogP contribution in [0.4, 0.5) is 0 Å². The van der Waals surface area contributed by atoms with Gasteiger partial charge < -0.3 is 20.4 Å². The first-order valence-corrected chi connectivity index (χ1v) is 18.7. The van der Waals surface area contributed by atoms with Gasteiger partial charge in [0.25, 0.3) is 5.91 Å². The maximum Gasteiger partial charge on any atom is 0.254 e. The molecule has 2 N–H and O–H groups in total. The minimum Gasteiger partial charge on any atom is -0.370 e. The molecule has 7 nitrogen and oxygen atoms in total. The predicted octanol–water partition coefficient (Wildman–Crippen LogP) is 9.79. The van der Waals surface area contributed by atoms with Crippen molar-refractivity contribution in [2.24, 2.45) is 17.6 Å². The molecule has 0 atom stereocenters. The highest BCUT2D eigenvalue weighted by atomic mass is 16.2. The van der Waals surface area contributed by atoms with Crippen LogP contribution >= 0.6 is 0 Å². The number of benzene rings is 1. The van der Waals surface area contributed by atoms with Crippen molar-refractivity contribution in [3.05, 3.63) is 83.2 Å². The van der Waals surface area contributed by atoms with Gasteiger partial charge in [-0.05, 0) is 94.4 Å². The zero-order valence-corrected chi connectivity index (χ0v) is 34.3. The number of carbonyl (C=O) groups excluding carboxylic acids is 3. The predicted molar refractivity (Wildman–Crippen MR) is 216 cm³/mol. The van der Waals surface area contributed by atoms with Gasteiger partial charge in [0, 0.05) is 49.1 Å². The average molecular weight is 695 g/mol. The van der Waals surface area contributed by atoms with Crippen molar-refractivity contribution in [2.45, 2.75) is 134 Å². The molecule has 50 heavy (non-hydrogen) atoms. The molecular weight excluding hydrogens is 620 g/mol. The van der Waals surface area contributed by atoms with E-state index in [0.29, 0.717) is 18.0 Å². The lowest BCUT2D eigenvalue weighted by Crippen LogP contribution is -2.43. The van der Waals surface area contributed by atoms with Gasteiger partial charge in [-0.3, -0.25) is 14.4 Å². The standard InChI is InChI=1S/C16H22N2O.C14H21NO.C6H14.C4H10.C3H7NO/c1-11-8-13-10-18(14-4-6-17(3)7-5-14)16(19)15(13)9-12(11)2;1-7-9-10-15(6)14(11(3)4)13(8-2)12(5)16;1-4-5-6(2)3;1-3-4-2;1-2-3(4)5/h8-9,14H,4-7,10H2,1-3H3;7-11H,1-2H2,3-6H3;6H,4-5H2,1-3H3;3-4H2,1-2H3;2H2,1H3,(H2,4,5)/b;10-9-,14-13+;;;. The molecule has 0 bridgehead atoms. The van der Waals surface area contributed by atoms with Gasteiger partial charge in [0.05, 0.1) is 0 Å².